The molecule has 0 heterocycles. The van der Waals surface area contributed by atoms with Crippen LogP contribution in [-0.4, -0.2) is 22.5 Å². The number of benzene rings is 1. The van der Waals surface area contributed by atoms with Gasteiger partial charge in [0.25, 0.3) is 5.91 Å². The molecule has 0 saturated heterocycles. The van der Waals surface area contributed by atoms with Crippen molar-refractivity contribution in [3.05, 3.63) is 33.8 Å². The molecular weight excluding hydrogens is 324 g/mol. The van der Waals surface area contributed by atoms with Crippen molar-refractivity contribution >= 4 is 27.8 Å². The van der Waals surface area contributed by atoms with E-state index in [2.05, 4.69) is 21.2 Å². The van der Waals surface area contributed by atoms with Crippen LogP contribution in [0.2, 0.25) is 0 Å². The van der Waals surface area contributed by atoms with Gasteiger partial charge in [-0.15, -0.1) is 0 Å². The van der Waals surface area contributed by atoms with E-state index in [0.29, 0.717) is 6.42 Å². The fourth-order valence-corrected chi connectivity index (χ4v) is 2.36. The number of aliphatic carboxylic acids is 1. The standard InChI is InChI=1S/C12H10BrF2NO3/c13-6-4-7(14)9(8(15)5-6)10(17)16-12(11(18)19)2-1-3-12/h4-5H,1-3H2,(H,16,17)(H,18,19). The lowest BCUT2D eigenvalue weighted by Crippen LogP contribution is -2.59. The molecule has 0 unspecified atom stereocenters. The number of carboxylic acids is 1. The molecule has 4 nitrogen and oxygen atoms in total. The number of amides is 1. The number of rotatable bonds is 3. The highest BCUT2D eigenvalue weighted by Gasteiger charge is 2.46. The Morgan fingerprint density at radius 1 is 1.26 bits per heavy atom. The summed E-state index contributed by atoms with van der Waals surface area (Å²) in [5.74, 6) is -4.32. The van der Waals surface area contributed by atoms with Gasteiger partial charge < -0.3 is 10.4 Å². The van der Waals surface area contributed by atoms with E-state index in [-0.39, 0.29) is 17.3 Å². The van der Waals surface area contributed by atoms with E-state index in [1.54, 1.807) is 0 Å². The minimum Gasteiger partial charge on any atom is -0.480 e. The Morgan fingerprint density at radius 2 is 1.79 bits per heavy atom. The Kier molecular flexibility index (Phi) is 3.58. The van der Waals surface area contributed by atoms with Crippen molar-refractivity contribution in [3.63, 3.8) is 0 Å². The number of carboxylic acid groups (broad SMARTS) is 1. The summed E-state index contributed by atoms with van der Waals surface area (Å²) in [5.41, 5.74) is -2.17. The van der Waals surface area contributed by atoms with E-state index in [1.165, 1.54) is 0 Å². The van der Waals surface area contributed by atoms with Crippen LogP contribution in [0.1, 0.15) is 29.6 Å². The first kappa shape index (κ1) is 13.9. The van der Waals surface area contributed by atoms with E-state index in [1.807, 2.05) is 0 Å². The van der Waals surface area contributed by atoms with Crippen LogP contribution in [-0.2, 0) is 4.79 Å². The van der Waals surface area contributed by atoms with E-state index < -0.39 is 34.6 Å². The van der Waals surface area contributed by atoms with E-state index in [4.69, 9.17) is 5.11 Å². The van der Waals surface area contributed by atoms with Crippen molar-refractivity contribution in [2.45, 2.75) is 24.8 Å². The van der Waals surface area contributed by atoms with Crippen molar-refractivity contribution in [3.8, 4) is 0 Å². The van der Waals surface area contributed by atoms with Gasteiger partial charge in [0.1, 0.15) is 22.7 Å². The van der Waals surface area contributed by atoms with Crippen LogP contribution in [0.15, 0.2) is 16.6 Å². The number of hydrogen-bond donors (Lipinski definition) is 2. The zero-order chi connectivity index (χ0) is 14.2. The minimum absolute atomic E-state index is 0.163. The molecule has 19 heavy (non-hydrogen) atoms. The summed E-state index contributed by atoms with van der Waals surface area (Å²) in [4.78, 5) is 22.9. The molecule has 0 bridgehead atoms. The number of halogens is 3. The van der Waals surface area contributed by atoms with E-state index >= 15 is 0 Å². The van der Waals surface area contributed by atoms with Crippen LogP contribution in [0, 0.1) is 11.6 Å². The summed E-state index contributed by atoms with van der Waals surface area (Å²) in [6.45, 7) is 0. The smallest absolute Gasteiger partial charge is 0.329 e. The van der Waals surface area contributed by atoms with Crippen LogP contribution in [0.3, 0.4) is 0 Å². The van der Waals surface area contributed by atoms with Crippen molar-refractivity contribution in [1.82, 2.24) is 5.32 Å². The Balaban J connectivity index is 2.28. The molecule has 0 aromatic heterocycles. The van der Waals surface area contributed by atoms with Gasteiger partial charge in [-0.3, -0.25) is 4.79 Å². The number of carbonyl (C=O) groups excluding carboxylic acids is 1. The Hall–Kier alpha value is -1.50. The first-order valence-corrected chi connectivity index (χ1v) is 6.35. The number of nitrogens with one attached hydrogen (secondary N) is 1. The summed E-state index contributed by atoms with van der Waals surface area (Å²) in [5, 5.41) is 11.3. The molecule has 1 aromatic rings. The third-order valence-corrected chi connectivity index (χ3v) is 3.66. The van der Waals surface area contributed by atoms with Crippen molar-refractivity contribution < 1.29 is 23.5 Å². The lowest BCUT2D eigenvalue weighted by molar-refractivity contribution is -0.148. The number of hydrogen-bond acceptors (Lipinski definition) is 2. The average molecular weight is 334 g/mol. The van der Waals surface area contributed by atoms with Crippen LogP contribution in [0.5, 0.6) is 0 Å². The molecule has 2 rings (SSSR count). The van der Waals surface area contributed by atoms with Gasteiger partial charge in [0, 0.05) is 4.47 Å². The zero-order valence-electron chi connectivity index (χ0n) is 9.67. The molecule has 1 aromatic carbocycles. The molecule has 1 aliphatic rings. The van der Waals surface area contributed by atoms with Crippen LogP contribution in [0.4, 0.5) is 8.78 Å². The van der Waals surface area contributed by atoms with Crippen LogP contribution in [0.25, 0.3) is 0 Å². The monoisotopic (exact) mass is 333 g/mol. The third-order valence-electron chi connectivity index (χ3n) is 3.20. The molecule has 1 saturated carbocycles. The van der Waals surface area contributed by atoms with Crippen molar-refractivity contribution in [2.75, 3.05) is 0 Å². The van der Waals surface area contributed by atoms with Gasteiger partial charge in [-0.2, -0.15) is 0 Å². The Bertz CT molecular complexity index is 535. The van der Waals surface area contributed by atoms with Gasteiger partial charge in [-0.25, -0.2) is 13.6 Å². The minimum atomic E-state index is -1.40. The molecule has 7 heteroatoms. The summed E-state index contributed by atoms with van der Waals surface area (Å²) in [7, 11) is 0. The molecule has 1 fully saturated rings. The maximum Gasteiger partial charge on any atom is 0.329 e. The second-order valence-corrected chi connectivity index (χ2v) is 5.36. The summed E-state index contributed by atoms with van der Waals surface area (Å²) in [6.07, 6.45) is 1.17. The molecule has 1 aliphatic carbocycles. The molecular formula is C12H10BrF2NO3. The van der Waals surface area contributed by atoms with Gasteiger partial charge in [-0.1, -0.05) is 15.9 Å². The average Bonchev–Trinajstić information content (AvgIpc) is 2.21. The summed E-state index contributed by atoms with van der Waals surface area (Å²) >= 11 is 2.90. The molecule has 102 valence electrons. The first-order valence-electron chi connectivity index (χ1n) is 5.56. The highest BCUT2D eigenvalue weighted by atomic mass is 79.9. The van der Waals surface area contributed by atoms with E-state index in [9.17, 15) is 18.4 Å². The normalized spacial score (nSPS) is 16.6. The quantitative estimate of drug-likeness (QED) is 0.892. The lowest BCUT2D eigenvalue weighted by atomic mass is 9.76. The van der Waals surface area contributed by atoms with Crippen molar-refractivity contribution in [2.24, 2.45) is 0 Å². The SMILES string of the molecule is O=C(NC1(C(=O)O)CCC1)c1c(F)cc(Br)cc1F. The first-order chi connectivity index (χ1) is 8.85. The number of carbonyl (C=O) groups is 2. The highest BCUT2D eigenvalue weighted by Crippen LogP contribution is 2.32. The Morgan fingerprint density at radius 3 is 2.16 bits per heavy atom. The maximum atomic E-state index is 13.6. The molecule has 0 aliphatic heterocycles. The Labute approximate surface area is 115 Å². The van der Waals surface area contributed by atoms with Gasteiger partial charge in [-0.05, 0) is 31.4 Å². The fourth-order valence-electron chi connectivity index (χ4n) is 1.96. The highest BCUT2D eigenvalue weighted by molar-refractivity contribution is 9.10. The molecule has 0 spiro atoms. The predicted octanol–water partition coefficient (Wildman–Crippen LogP) is 2.46. The topological polar surface area (TPSA) is 66.4 Å². The van der Waals surface area contributed by atoms with Gasteiger partial charge >= 0.3 is 5.97 Å². The fraction of sp³-hybridized carbons (Fsp3) is 0.333. The lowest BCUT2D eigenvalue weighted by Gasteiger charge is -2.38. The van der Waals surface area contributed by atoms with Crippen LogP contribution < -0.4 is 5.32 Å². The molecule has 1 amide bonds. The molecule has 2 N–H and O–H groups in total. The predicted molar refractivity (Wildman–Crippen MR) is 65.7 cm³/mol. The zero-order valence-corrected chi connectivity index (χ0v) is 11.3. The maximum absolute atomic E-state index is 13.6. The van der Waals surface area contributed by atoms with E-state index in [0.717, 1.165) is 12.1 Å². The van der Waals surface area contributed by atoms with Gasteiger partial charge in [0.2, 0.25) is 0 Å². The second-order valence-electron chi connectivity index (χ2n) is 4.44. The van der Waals surface area contributed by atoms with Crippen LogP contribution >= 0.6 is 15.9 Å². The molecule has 0 radical (unpaired) electrons. The third kappa shape index (κ3) is 2.47. The van der Waals surface area contributed by atoms with Gasteiger partial charge in [0.05, 0.1) is 0 Å². The summed E-state index contributed by atoms with van der Waals surface area (Å²) in [6, 6.07) is 1.90. The van der Waals surface area contributed by atoms with Gasteiger partial charge in [0.15, 0.2) is 0 Å². The van der Waals surface area contributed by atoms with Crippen molar-refractivity contribution in [1.29, 1.82) is 0 Å². The summed E-state index contributed by atoms with van der Waals surface area (Å²) < 4.78 is 27.3. The molecule has 0 atom stereocenters. The largest absolute Gasteiger partial charge is 0.480 e. The second kappa shape index (κ2) is 4.88.